The Kier molecular flexibility index (Phi) is 14.4. The molecular weight excluding hydrogens is 142 g/mol. The molecule has 0 unspecified atom stereocenters. The van der Waals surface area contributed by atoms with E-state index in [0.29, 0.717) is 0 Å². The van der Waals surface area contributed by atoms with Crippen molar-refractivity contribution in [2.75, 3.05) is 0 Å². The van der Waals surface area contributed by atoms with Crippen LogP contribution in [0.4, 0.5) is 0 Å². The van der Waals surface area contributed by atoms with Gasteiger partial charge in [-0.15, -0.1) is 0 Å². The van der Waals surface area contributed by atoms with E-state index in [-0.39, 0.29) is 48.4 Å². The molecule has 0 aliphatic rings. The van der Waals surface area contributed by atoms with Gasteiger partial charge < -0.3 is 0 Å². The van der Waals surface area contributed by atoms with Crippen LogP contribution < -0.4 is 0 Å². The van der Waals surface area contributed by atoms with E-state index in [1.54, 1.807) is 0 Å². The fraction of sp³-hybridized carbons (Fsp3) is 0. The van der Waals surface area contributed by atoms with Crippen LogP contribution in [0.2, 0.25) is 0 Å². The zero-order chi connectivity index (χ0) is 4.50. The molecule has 0 aromatic carbocycles. The third kappa shape index (κ3) is 66.6. The van der Waals surface area contributed by atoms with Crippen molar-refractivity contribution in [1.29, 1.82) is 0 Å². The molecule has 4 nitrogen and oxygen atoms in total. The summed E-state index contributed by atoms with van der Waals surface area (Å²) in [5.74, 6) is 0. The van der Waals surface area contributed by atoms with Crippen LogP contribution in [0, 0.1) is 0 Å². The predicted octanol–water partition coefficient (Wildman–Crippen LogP) is -3.53. The van der Waals surface area contributed by atoms with Gasteiger partial charge in [0.2, 0.25) is 0 Å². The first-order valence-corrected chi connectivity index (χ1v) is 3.69. The van der Waals surface area contributed by atoms with Gasteiger partial charge in [0, 0.05) is 0 Å². The molecule has 0 radical (unpaired) electrons. The van der Waals surface area contributed by atoms with Crippen molar-refractivity contribution in [2.45, 2.75) is 0 Å². The van der Waals surface area contributed by atoms with Crippen LogP contribution in [0.1, 0.15) is 0 Å². The summed E-state index contributed by atoms with van der Waals surface area (Å²) in [4.78, 5) is 0. The average Bonchev–Trinajstić information content (AvgIpc) is 0.722. The Morgan fingerprint density at radius 2 is 0.857 bits per heavy atom. The van der Waals surface area contributed by atoms with Gasteiger partial charge in [0.05, 0.1) is 0 Å². The molecule has 0 aliphatic heterocycles. The second kappa shape index (κ2) is 6.27. The third-order valence-corrected chi connectivity index (χ3v) is 0. The van der Waals surface area contributed by atoms with E-state index in [1.165, 1.54) is 0 Å². The average molecular weight is 148 g/mol. The third-order valence-electron chi connectivity index (χ3n) is 0. The molecule has 36 valence electrons. The molecule has 7 heavy (non-hydrogen) atoms. The molecule has 0 saturated heterocycles. The van der Waals surface area contributed by atoms with E-state index < -0.39 is 18.1 Å². The van der Waals surface area contributed by atoms with Gasteiger partial charge in [0.25, 0.3) is 0 Å². The van der Waals surface area contributed by atoms with Crippen LogP contribution in [-0.4, -0.2) is 63.2 Å². The van der Waals surface area contributed by atoms with E-state index in [1.807, 2.05) is 0 Å². The van der Waals surface area contributed by atoms with E-state index >= 15 is 0 Å². The maximum absolute atomic E-state index is 7.38. The molecule has 0 rings (SSSR count). The fourth-order valence-corrected chi connectivity index (χ4v) is 0. The minimum absolute atomic E-state index is 0. The summed E-state index contributed by atoms with van der Waals surface area (Å²) in [6.45, 7) is 0. The summed E-state index contributed by atoms with van der Waals surface area (Å²) in [6.07, 6.45) is 0. The van der Waals surface area contributed by atoms with Crippen molar-refractivity contribution in [1.82, 2.24) is 0 Å². The van der Waals surface area contributed by atoms with Crippen molar-refractivity contribution < 1.29 is 32.9 Å². The standard InChI is InChI=1S/Li.Na.4H2O.Ti.2H/h;;4*1H2;;;/q;;;;;;+4;;/p-4. The van der Waals surface area contributed by atoms with Crippen molar-refractivity contribution >= 4 is 48.4 Å². The summed E-state index contributed by atoms with van der Waals surface area (Å²) in [5.41, 5.74) is 0. The van der Waals surface area contributed by atoms with E-state index in [0.717, 1.165) is 0 Å². The molecule has 7 heteroatoms. The van der Waals surface area contributed by atoms with E-state index in [9.17, 15) is 0 Å². The first-order chi connectivity index (χ1) is 2.00. The molecule has 0 fully saturated rings. The predicted molar refractivity (Wildman–Crippen MR) is 23.2 cm³/mol. The zero-order valence-electron chi connectivity index (χ0n) is 2.29. The summed E-state index contributed by atoms with van der Waals surface area (Å²) < 4.78 is 29.5. The minimum atomic E-state index is -5.00. The molecule has 4 N–H and O–H groups in total. The monoisotopic (exact) mass is 148 g/mol. The van der Waals surface area contributed by atoms with Crippen LogP contribution in [-0.2, 0) is 18.1 Å². The second-order valence-corrected chi connectivity index (χ2v) is 2.47. The molecule has 0 heterocycles. The number of hydrogen-bond acceptors (Lipinski definition) is 4. The Morgan fingerprint density at radius 1 is 0.857 bits per heavy atom. The molecule has 0 saturated carbocycles. The van der Waals surface area contributed by atoms with Crippen molar-refractivity contribution in [3.05, 3.63) is 0 Å². The summed E-state index contributed by atoms with van der Waals surface area (Å²) in [6, 6.07) is 0. The first kappa shape index (κ1) is 16.1. The van der Waals surface area contributed by atoms with Crippen LogP contribution in [0.15, 0.2) is 0 Å². The van der Waals surface area contributed by atoms with Gasteiger partial charge in [-0.2, -0.15) is 0 Å². The van der Waals surface area contributed by atoms with Gasteiger partial charge >= 0.3 is 81.3 Å². The Labute approximate surface area is 80.3 Å². The van der Waals surface area contributed by atoms with Gasteiger partial charge in [-0.1, -0.05) is 0 Å². The van der Waals surface area contributed by atoms with E-state index in [2.05, 4.69) is 0 Å². The van der Waals surface area contributed by atoms with Gasteiger partial charge in [-0.25, -0.2) is 0 Å². The molecule has 0 aromatic rings. The van der Waals surface area contributed by atoms with Gasteiger partial charge in [0.1, 0.15) is 0 Å². The Balaban J connectivity index is -0.0000000800. The van der Waals surface area contributed by atoms with Crippen molar-refractivity contribution in [3.8, 4) is 0 Å². The topological polar surface area (TPSA) is 80.9 Å². The molecule has 0 bridgehead atoms. The molecule has 0 atom stereocenters. The number of rotatable bonds is 0. The van der Waals surface area contributed by atoms with Gasteiger partial charge in [-0.05, 0) is 0 Å². The van der Waals surface area contributed by atoms with Gasteiger partial charge in [0.15, 0.2) is 0 Å². The molecule has 0 aliphatic carbocycles. The van der Waals surface area contributed by atoms with Crippen LogP contribution >= 0.6 is 0 Å². The first-order valence-electron chi connectivity index (χ1n) is 0.894. The van der Waals surface area contributed by atoms with Crippen LogP contribution in [0.25, 0.3) is 0 Å². The Morgan fingerprint density at radius 3 is 0.857 bits per heavy atom. The SMILES string of the molecule is [LiH].[NaH].[OH][Ti]([OH])([OH])[OH]. The van der Waals surface area contributed by atoms with Crippen molar-refractivity contribution in [3.63, 3.8) is 0 Å². The summed E-state index contributed by atoms with van der Waals surface area (Å²) in [5, 5.41) is 0. The van der Waals surface area contributed by atoms with Crippen LogP contribution in [0.3, 0.4) is 0 Å². The zero-order valence-corrected chi connectivity index (χ0v) is 3.85. The van der Waals surface area contributed by atoms with E-state index in [4.69, 9.17) is 14.8 Å². The Hall–Kier alpha value is 2.15. The van der Waals surface area contributed by atoms with Crippen molar-refractivity contribution in [2.24, 2.45) is 0 Å². The molecular formula is H6LiNaO4Ti. The second-order valence-electron chi connectivity index (χ2n) is 0.600. The summed E-state index contributed by atoms with van der Waals surface area (Å²) >= 11 is -5.00. The molecule has 0 spiro atoms. The normalized spacial score (nSPS) is 8.57. The Bertz CT molecular complexity index is 27.2. The molecule has 0 aromatic heterocycles. The number of hydrogen-bond donors (Lipinski definition) is 4. The van der Waals surface area contributed by atoms with Gasteiger partial charge in [-0.3, -0.25) is 0 Å². The fourth-order valence-electron chi connectivity index (χ4n) is 0. The maximum atomic E-state index is 7.38. The van der Waals surface area contributed by atoms with Crippen LogP contribution in [0.5, 0.6) is 0 Å². The quantitative estimate of drug-likeness (QED) is 0.268. The molecule has 0 amide bonds. The summed E-state index contributed by atoms with van der Waals surface area (Å²) in [7, 11) is 0.